The van der Waals surface area contributed by atoms with E-state index in [1.807, 2.05) is 0 Å². The number of ether oxygens (including phenoxy) is 1. The molecule has 5 nitrogen and oxygen atoms in total. The molecule has 1 amide bonds. The molecule has 0 unspecified atom stereocenters. The van der Waals surface area contributed by atoms with Gasteiger partial charge in [-0.25, -0.2) is 4.98 Å². The maximum absolute atomic E-state index is 12.2. The van der Waals surface area contributed by atoms with E-state index in [0.717, 1.165) is 0 Å². The Labute approximate surface area is 138 Å². The van der Waals surface area contributed by atoms with Gasteiger partial charge in [0.1, 0.15) is 11.3 Å². The maximum Gasteiger partial charge on any atom is 0.265 e. The van der Waals surface area contributed by atoms with Crippen molar-refractivity contribution in [1.29, 1.82) is 0 Å². The number of nitrogens with zero attached hydrogens (tertiary/aromatic N) is 1. The Kier molecular flexibility index (Phi) is 4.21. The molecule has 23 heavy (non-hydrogen) atoms. The molecule has 2 aromatic carbocycles. The Bertz CT molecular complexity index is 843. The number of carbonyl (C=O) groups is 1. The maximum atomic E-state index is 12.2. The van der Waals surface area contributed by atoms with E-state index >= 15 is 0 Å². The highest BCUT2D eigenvalue weighted by Gasteiger charge is 2.15. The smallest absolute Gasteiger partial charge is 0.265 e. The molecular weight excluding hydrogens is 316 g/mol. The summed E-state index contributed by atoms with van der Waals surface area (Å²) in [6, 6.07) is 12.2. The van der Waals surface area contributed by atoms with Gasteiger partial charge in [0.25, 0.3) is 5.91 Å². The minimum absolute atomic E-state index is 0.250. The van der Waals surface area contributed by atoms with Gasteiger partial charge in [0.05, 0.1) is 0 Å². The lowest BCUT2D eigenvalue weighted by Crippen LogP contribution is -2.30. The molecule has 3 rings (SSSR count). The second-order valence-electron chi connectivity index (χ2n) is 5.12. The molecule has 3 aromatic rings. The van der Waals surface area contributed by atoms with Gasteiger partial charge in [-0.05, 0) is 49.4 Å². The Morgan fingerprint density at radius 1 is 1.26 bits per heavy atom. The first-order chi connectivity index (χ1) is 11.0. The number of amides is 1. The predicted octanol–water partition coefficient (Wildman–Crippen LogP) is 4.20. The standard InChI is InChI=1S/C17H15ClN2O3/c1-10(22-14-6-3-12(18)4-7-14)17(21)20-13-5-8-16-15(9-13)19-11(2)23-16/h3-10H,1-2H3,(H,20,21)/t10-/m0/s1. The molecule has 0 fully saturated rings. The number of hydrogen-bond donors (Lipinski definition) is 1. The molecule has 1 aromatic heterocycles. The molecule has 0 radical (unpaired) electrons. The molecule has 1 N–H and O–H groups in total. The first-order valence-electron chi connectivity index (χ1n) is 7.11. The highest BCUT2D eigenvalue weighted by Crippen LogP contribution is 2.21. The third kappa shape index (κ3) is 3.63. The van der Waals surface area contributed by atoms with Gasteiger partial charge >= 0.3 is 0 Å². The normalized spacial score (nSPS) is 12.1. The van der Waals surface area contributed by atoms with Crippen molar-refractivity contribution >= 4 is 34.3 Å². The Balaban J connectivity index is 1.67. The van der Waals surface area contributed by atoms with Gasteiger partial charge in [0.2, 0.25) is 0 Å². The Morgan fingerprint density at radius 2 is 2.00 bits per heavy atom. The lowest BCUT2D eigenvalue weighted by atomic mass is 10.2. The molecule has 0 saturated heterocycles. The minimum Gasteiger partial charge on any atom is -0.481 e. The van der Waals surface area contributed by atoms with Crippen LogP contribution in [0.15, 0.2) is 46.9 Å². The summed E-state index contributed by atoms with van der Waals surface area (Å²) < 4.78 is 11.0. The summed E-state index contributed by atoms with van der Waals surface area (Å²) in [6.45, 7) is 3.46. The highest BCUT2D eigenvalue weighted by molar-refractivity contribution is 6.30. The van der Waals surface area contributed by atoms with Gasteiger partial charge in [-0.15, -0.1) is 0 Å². The van der Waals surface area contributed by atoms with Crippen LogP contribution < -0.4 is 10.1 Å². The van der Waals surface area contributed by atoms with Gasteiger partial charge in [0.15, 0.2) is 17.6 Å². The fourth-order valence-electron chi connectivity index (χ4n) is 2.14. The van der Waals surface area contributed by atoms with Crippen molar-refractivity contribution in [3.8, 4) is 5.75 Å². The zero-order valence-electron chi connectivity index (χ0n) is 12.7. The van der Waals surface area contributed by atoms with Gasteiger partial charge in [-0.3, -0.25) is 4.79 Å². The van der Waals surface area contributed by atoms with Gasteiger partial charge in [-0.2, -0.15) is 0 Å². The van der Waals surface area contributed by atoms with E-state index in [1.54, 1.807) is 56.3 Å². The van der Waals surface area contributed by atoms with Crippen molar-refractivity contribution in [3.05, 3.63) is 53.4 Å². The lowest BCUT2D eigenvalue weighted by molar-refractivity contribution is -0.122. The fourth-order valence-corrected chi connectivity index (χ4v) is 2.26. The average Bonchev–Trinajstić information content (AvgIpc) is 2.88. The van der Waals surface area contributed by atoms with Crippen LogP contribution in [-0.2, 0) is 4.79 Å². The minimum atomic E-state index is -0.647. The van der Waals surface area contributed by atoms with Crippen LogP contribution in [0.2, 0.25) is 5.02 Å². The number of anilines is 1. The number of rotatable bonds is 4. The number of benzene rings is 2. The zero-order valence-corrected chi connectivity index (χ0v) is 13.4. The predicted molar refractivity (Wildman–Crippen MR) is 88.9 cm³/mol. The van der Waals surface area contributed by atoms with E-state index in [4.69, 9.17) is 20.8 Å². The van der Waals surface area contributed by atoms with Crippen molar-refractivity contribution in [3.63, 3.8) is 0 Å². The van der Waals surface area contributed by atoms with Crippen molar-refractivity contribution < 1.29 is 13.9 Å². The van der Waals surface area contributed by atoms with E-state index in [2.05, 4.69) is 10.3 Å². The van der Waals surface area contributed by atoms with E-state index in [9.17, 15) is 4.79 Å². The topological polar surface area (TPSA) is 64.4 Å². The van der Waals surface area contributed by atoms with Crippen molar-refractivity contribution in [2.24, 2.45) is 0 Å². The molecule has 0 aliphatic heterocycles. The summed E-state index contributed by atoms with van der Waals surface area (Å²) in [4.78, 5) is 16.5. The van der Waals surface area contributed by atoms with Crippen LogP contribution in [0.25, 0.3) is 11.1 Å². The third-order valence-electron chi connectivity index (χ3n) is 3.26. The number of carbonyl (C=O) groups excluding carboxylic acids is 1. The van der Waals surface area contributed by atoms with Crippen molar-refractivity contribution in [2.45, 2.75) is 20.0 Å². The molecule has 0 bridgehead atoms. The number of halogens is 1. The zero-order chi connectivity index (χ0) is 16.4. The number of fused-ring (bicyclic) bond motifs is 1. The van der Waals surface area contributed by atoms with Crippen LogP contribution in [-0.4, -0.2) is 17.0 Å². The number of oxazole rings is 1. The molecule has 0 aliphatic carbocycles. The van der Waals surface area contributed by atoms with E-state index in [-0.39, 0.29) is 5.91 Å². The largest absolute Gasteiger partial charge is 0.481 e. The molecular formula is C17H15ClN2O3. The number of aromatic nitrogens is 1. The molecule has 0 saturated carbocycles. The second-order valence-corrected chi connectivity index (χ2v) is 5.56. The van der Waals surface area contributed by atoms with E-state index in [1.165, 1.54) is 0 Å². The number of hydrogen-bond acceptors (Lipinski definition) is 4. The van der Waals surface area contributed by atoms with Crippen LogP contribution in [0.3, 0.4) is 0 Å². The summed E-state index contributed by atoms with van der Waals surface area (Å²) in [5.74, 6) is 0.919. The van der Waals surface area contributed by atoms with Crippen LogP contribution >= 0.6 is 11.6 Å². The molecule has 0 aliphatic rings. The highest BCUT2D eigenvalue weighted by atomic mass is 35.5. The first-order valence-corrected chi connectivity index (χ1v) is 7.49. The Hall–Kier alpha value is -2.53. The third-order valence-corrected chi connectivity index (χ3v) is 3.51. The summed E-state index contributed by atoms with van der Waals surface area (Å²) in [5, 5.41) is 3.42. The number of nitrogens with one attached hydrogen (secondary N) is 1. The molecule has 0 spiro atoms. The quantitative estimate of drug-likeness (QED) is 0.778. The molecule has 1 heterocycles. The monoisotopic (exact) mass is 330 g/mol. The van der Waals surface area contributed by atoms with Crippen LogP contribution in [0.4, 0.5) is 5.69 Å². The molecule has 118 valence electrons. The Morgan fingerprint density at radius 3 is 2.74 bits per heavy atom. The van der Waals surface area contributed by atoms with Gasteiger partial charge < -0.3 is 14.5 Å². The molecule has 1 atom stereocenters. The van der Waals surface area contributed by atoms with Gasteiger partial charge in [0, 0.05) is 17.6 Å². The first kappa shape index (κ1) is 15.4. The van der Waals surface area contributed by atoms with Crippen molar-refractivity contribution in [2.75, 3.05) is 5.32 Å². The van der Waals surface area contributed by atoms with Crippen LogP contribution in [0.5, 0.6) is 5.75 Å². The van der Waals surface area contributed by atoms with Crippen LogP contribution in [0, 0.1) is 6.92 Å². The van der Waals surface area contributed by atoms with Crippen molar-refractivity contribution in [1.82, 2.24) is 4.98 Å². The number of aryl methyl sites for hydroxylation is 1. The van der Waals surface area contributed by atoms with Crippen LogP contribution in [0.1, 0.15) is 12.8 Å². The summed E-state index contributed by atoms with van der Waals surface area (Å²) in [7, 11) is 0. The van der Waals surface area contributed by atoms with E-state index < -0.39 is 6.10 Å². The lowest BCUT2D eigenvalue weighted by Gasteiger charge is -2.14. The molecule has 6 heteroatoms. The summed E-state index contributed by atoms with van der Waals surface area (Å²) >= 11 is 5.82. The second kappa shape index (κ2) is 6.30. The summed E-state index contributed by atoms with van der Waals surface area (Å²) in [5.41, 5.74) is 2.03. The van der Waals surface area contributed by atoms with Gasteiger partial charge in [-0.1, -0.05) is 11.6 Å². The SMILES string of the molecule is Cc1nc2cc(NC(=O)[C@H](C)Oc3ccc(Cl)cc3)ccc2o1. The fraction of sp³-hybridized carbons (Fsp3) is 0.176. The summed E-state index contributed by atoms with van der Waals surface area (Å²) in [6.07, 6.45) is -0.647. The van der Waals surface area contributed by atoms with E-state index in [0.29, 0.717) is 33.4 Å². The average molecular weight is 331 g/mol.